The standard InChI is InChI=1S/C10H8NO2P/c12-10-6-5-9(11-13-14)7-3-1-2-4-8(7)10/h1-6H,14H2/b11-9+. The van der Waals surface area contributed by atoms with Crippen LogP contribution in [0.25, 0.3) is 0 Å². The van der Waals surface area contributed by atoms with E-state index in [1.807, 2.05) is 27.7 Å². The predicted octanol–water partition coefficient (Wildman–Crippen LogP) is 1.95. The van der Waals surface area contributed by atoms with E-state index in [0.717, 1.165) is 5.56 Å². The fourth-order valence-electron chi connectivity index (χ4n) is 1.39. The van der Waals surface area contributed by atoms with Crippen LogP contribution in [-0.4, -0.2) is 11.5 Å². The molecule has 0 heterocycles. The van der Waals surface area contributed by atoms with Crippen LogP contribution < -0.4 is 0 Å². The van der Waals surface area contributed by atoms with Gasteiger partial charge >= 0.3 is 0 Å². The molecule has 2 rings (SSSR count). The van der Waals surface area contributed by atoms with Crippen molar-refractivity contribution in [3.05, 3.63) is 47.5 Å². The summed E-state index contributed by atoms with van der Waals surface area (Å²) in [5.41, 5.74) is 2.13. The predicted molar refractivity (Wildman–Crippen MR) is 57.2 cm³/mol. The minimum Gasteiger partial charge on any atom is -0.383 e. The average Bonchev–Trinajstić information content (AvgIpc) is 2.23. The molecular formula is C10H8NO2P. The Hall–Kier alpha value is -1.47. The van der Waals surface area contributed by atoms with E-state index in [4.69, 9.17) is 0 Å². The van der Waals surface area contributed by atoms with Crippen LogP contribution in [0.1, 0.15) is 15.9 Å². The van der Waals surface area contributed by atoms with E-state index < -0.39 is 0 Å². The highest BCUT2D eigenvalue weighted by molar-refractivity contribution is 7.09. The van der Waals surface area contributed by atoms with Crippen molar-refractivity contribution < 1.29 is 9.42 Å². The highest BCUT2D eigenvalue weighted by Gasteiger charge is 2.16. The molecule has 1 aliphatic carbocycles. The van der Waals surface area contributed by atoms with Crippen molar-refractivity contribution in [1.82, 2.24) is 0 Å². The summed E-state index contributed by atoms with van der Waals surface area (Å²) in [5.74, 6) is 0.00306. The van der Waals surface area contributed by atoms with Crippen molar-refractivity contribution >= 4 is 21.0 Å². The van der Waals surface area contributed by atoms with Crippen LogP contribution in [0.4, 0.5) is 0 Å². The van der Waals surface area contributed by atoms with Gasteiger partial charge in [-0.3, -0.25) is 4.79 Å². The van der Waals surface area contributed by atoms with Crippen molar-refractivity contribution in [2.24, 2.45) is 5.16 Å². The summed E-state index contributed by atoms with van der Waals surface area (Å²) in [6.45, 7) is 0. The number of rotatable bonds is 1. The van der Waals surface area contributed by atoms with Gasteiger partial charge in [0.1, 0.15) is 5.71 Å². The lowest BCUT2D eigenvalue weighted by Gasteiger charge is -2.10. The molecule has 3 nitrogen and oxygen atoms in total. The summed E-state index contributed by atoms with van der Waals surface area (Å²) < 4.78 is 4.62. The maximum absolute atomic E-state index is 11.4. The molecule has 0 N–H and O–H groups in total. The summed E-state index contributed by atoms with van der Waals surface area (Å²) in [4.78, 5) is 11.4. The minimum absolute atomic E-state index is 0.00306. The molecule has 4 heteroatoms. The molecule has 1 aromatic carbocycles. The summed E-state index contributed by atoms with van der Waals surface area (Å²) in [6, 6.07) is 7.32. The Morgan fingerprint density at radius 2 is 1.86 bits per heavy atom. The van der Waals surface area contributed by atoms with Gasteiger partial charge in [-0.25, -0.2) is 0 Å². The fourth-order valence-corrected chi connectivity index (χ4v) is 1.51. The third kappa shape index (κ3) is 1.47. The fraction of sp³-hybridized carbons (Fsp3) is 0. The van der Waals surface area contributed by atoms with Crippen LogP contribution in [0.2, 0.25) is 0 Å². The second-order valence-corrected chi connectivity index (χ2v) is 3.04. The maximum atomic E-state index is 11.4. The summed E-state index contributed by atoms with van der Waals surface area (Å²) >= 11 is 0. The van der Waals surface area contributed by atoms with Gasteiger partial charge in [0, 0.05) is 11.1 Å². The Labute approximate surface area is 83.7 Å². The van der Waals surface area contributed by atoms with Crippen LogP contribution >= 0.6 is 9.47 Å². The monoisotopic (exact) mass is 205 g/mol. The largest absolute Gasteiger partial charge is 0.383 e. The molecule has 0 fully saturated rings. The molecule has 0 bridgehead atoms. The molecule has 70 valence electrons. The smallest absolute Gasteiger partial charge is 0.186 e. The van der Waals surface area contributed by atoms with Crippen molar-refractivity contribution in [2.75, 3.05) is 0 Å². The lowest BCUT2D eigenvalue weighted by Crippen LogP contribution is -2.11. The highest BCUT2D eigenvalue weighted by atomic mass is 31.0. The van der Waals surface area contributed by atoms with Crippen molar-refractivity contribution in [3.63, 3.8) is 0 Å². The summed E-state index contributed by atoms with van der Waals surface area (Å²) in [6.07, 6.45) is 3.14. The Balaban J connectivity index is 2.58. The normalized spacial score (nSPS) is 16.9. The lowest BCUT2D eigenvalue weighted by atomic mass is 9.95. The second kappa shape index (κ2) is 3.72. The molecule has 1 aromatic rings. The molecule has 0 saturated heterocycles. The Bertz CT molecular complexity index is 438. The van der Waals surface area contributed by atoms with Crippen LogP contribution in [0.5, 0.6) is 0 Å². The van der Waals surface area contributed by atoms with E-state index in [0.29, 0.717) is 11.3 Å². The van der Waals surface area contributed by atoms with Crippen LogP contribution in [0.3, 0.4) is 0 Å². The average molecular weight is 205 g/mol. The topological polar surface area (TPSA) is 38.7 Å². The van der Waals surface area contributed by atoms with E-state index >= 15 is 0 Å². The van der Waals surface area contributed by atoms with Crippen LogP contribution in [0.15, 0.2) is 41.6 Å². The third-order valence-electron chi connectivity index (χ3n) is 2.01. The van der Waals surface area contributed by atoms with Gasteiger partial charge in [0.15, 0.2) is 5.78 Å². The van der Waals surface area contributed by atoms with Gasteiger partial charge in [0.05, 0.1) is 9.47 Å². The molecule has 0 spiro atoms. The van der Waals surface area contributed by atoms with E-state index in [1.165, 1.54) is 6.08 Å². The highest BCUT2D eigenvalue weighted by Crippen LogP contribution is 2.17. The number of oxime groups is 1. The van der Waals surface area contributed by atoms with Gasteiger partial charge < -0.3 is 4.62 Å². The molecule has 0 saturated carbocycles. The minimum atomic E-state index is 0.00306. The van der Waals surface area contributed by atoms with Gasteiger partial charge in [-0.1, -0.05) is 29.4 Å². The molecule has 0 amide bonds. The molecular weight excluding hydrogens is 197 g/mol. The summed E-state index contributed by atoms with van der Waals surface area (Å²) in [7, 11) is 2.05. The Morgan fingerprint density at radius 3 is 2.57 bits per heavy atom. The first-order valence-electron chi connectivity index (χ1n) is 4.08. The Kier molecular flexibility index (Phi) is 2.42. The molecule has 0 aliphatic heterocycles. The van der Waals surface area contributed by atoms with Crippen LogP contribution in [0, 0.1) is 0 Å². The zero-order chi connectivity index (χ0) is 9.97. The zero-order valence-electron chi connectivity index (χ0n) is 7.31. The number of nitrogens with zero attached hydrogens (tertiary/aromatic N) is 1. The quantitative estimate of drug-likeness (QED) is 0.519. The molecule has 1 aliphatic rings. The number of hydrogen-bond donors (Lipinski definition) is 0. The number of fused-ring (bicyclic) bond motifs is 1. The third-order valence-corrected chi connectivity index (χ3v) is 2.12. The molecule has 0 aromatic heterocycles. The molecule has 0 radical (unpaired) electrons. The van der Waals surface area contributed by atoms with Gasteiger partial charge in [-0.15, -0.1) is 0 Å². The molecule has 14 heavy (non-hydrogen) atoms. The van der Waals surface area contributed by atoms with Crippen molar-refractivity contribution in [3.8, 4) is 0 Å². The first-order chi connectivity index (χ1) is 6.83. The first kappa shape index (κ1) is 9.10. The Morgan fingerprint density at radius 1 is 1.14 bits per heavy atom. The van der Waals surface area contributed by atoms with E-state index in [-0.39, 0.29) is 5.78 Å². The maximum Gasteiger partial charge on any atom is 0.186 e. The number of allylic oxidation sites excluding steroid dienone is 2. The summed E-state index contributed by atoms with van der Waals surface area (Å²) in [5, 5.41) is 3.80. The SMILES string of the molecule is O=C1C=C/C(=N\OP)c2ccccc21. The molecule has 1 atom stereocenters. The van der Waals surface area contributed by atoms with E-state index in [9.17, 15) is 4.79 Å². The van der Waals surface area contributed by atoms with Crippen LogP contribution in [-0.2, 0) is 4.62 Å². The van der Waals surface area contributed by atoms with E-state index in [1.54, 1.807) is 12.1 Å². The number of benzene rings is 1. The zero-order valence-corrected chi connectivity index (χ0v) is 8.46. The van der Waals surface area contributed by atoms with Crippen molar-refractivity contribution in [2.45, 2.75) is 0 Å². The van der Waals surface area contributed by atoms with Gasteiger partial charge in [0.25, 0.3) is 0 Å². The van der Waals surface area contributed by atoms with Gasteiger partial charge in [0.2, 0.25) is 0 Å². The number of hydrogen-bond acceptors (Lipinski definition) is 3. The van der Waals surface area contributed by atoms with Gasteiger partial charge in [-0.05, 0) is 12.2 Å². The first-order valence-corrected chi connectivity index (χ1v) is 4.56. The molecule has 1 unspecified atom stereocenters. The van der Waals surface area contributed by atoms with E-state index in [2.05, 4.69) is 9.78 Å². The number of carbonyl (C=O) groups is 1. The van der Waals surface area contributed by atoms with Gasteiger partial charge in [-0.2, -0.15) is 0 Å². The number of ketones is 1. The number of carbonyl (C=O) groups excluding carboxylic acids is 1. The lowest BCUT2D eigenvalue weighted by molar-refractivity contribution is 0.104. The van der Waals surface area contributed by atoms with Crippen molar-refractivity contribution in [1.29, 1.82) is 0 Å². The second-order valence-electron chi connectivity index (χ2n) is 2.83.